The molecule has 2 rings (SSSR count). The Morgan fingerprint density at radius 2 is 1.88 bits per heavy atom. The molecule has 0 N–H and O–H groups in total. The number of carbonyl (C=O) groups excluding carboxylic acids is 1. The summed E-state index contributed by atoms with van der Waals surface area (Å²) in [4.78, 5) is 14.6. The Morgan fingerprint density at radius 3 is 2.50 bits per heavy atom. The molecular weight excluding hydrogens is 318 g/mol. The SMILES string of the molecule is CC(C)(C)OC(=O)N1CCCCC1C1C=C(O[Si](C)(C)C)CCC1. The molecule has 4 nitrogen and oxygen atoms in total. The monoisotopic (exact) mass is 353 g/mol. The first-order valence-corrected chi connectivity index (χ1v) is 12.9. The minimum atomic E-state index is -1.57. The number of hydrogen-bond donors (Lipinski definition) is 0. The maximum absolute atomic E-state index is 12.6. The highest BCUT2D eigenvalue weighted by molar-refractivity contribution is 6.70. The van der Waals surface area contributed by atoms with Crippen molar-refractivity contribution >= 4 is 14.4 Å². The van der Waals surface area contributed by atoms with Crippen molar-refractivity contribution < 1.29 is 14.0 Å². The van der Waals surface area contributed by atoms with E-state index in [1.807, 2.05) is 25.7 Å². The summed E-state index contributed by atoms with van der Waals surface area (Å²) in [5, 5.41) is 0. The van der Waals surface area contributed by atoms with E-state index in [4.69, 9.17) is 9.16 Å². The zero-order chi connectivity index (χ0) is 18.0. The van der Waals surface area contributed by atoms with Gasteiger partial charge in [-0.2, -0.15) is 0 Å². The van der Waals surface area contributed by atoms with E-state index < -0.39 is 13.9 Å². The van der Waals surface area contributed by atoms with E-state index in [1.165, 1.54) is 6.42 Å². The molecule has 1 aliphatic heterocycles. The summed E-state index contributed by atoms with van der Waals surface area (Å²) >= 11 is 0. The fourth-order valence-electron chi connectivity index (χ4n) is 3.65. The molecular formula is C19H35NO3Si. The number of piperidine rings is 1. The Bertz CT molecular complexity index is 476. The van der Waals surface area contributed by atoms with Gasteiger partial charge in [0.15, 0.2) is 0 Å². The molecule has 2 unspecified atom stereocenters. The van der Waals surface area contributed by atoms with E-state index in [2.05, 4.69) is 25.7 Å². The molecule has 1 amide bonds. The largest absolute Gasteiger partial charge is 0.548 e. The van der Waals surface area contributed by atoms with Crippen LogP contribution in [0.15, 0.2) is 11.8 Å². The molecule has 5 heteroatoms. The zero-order valence-corrected chi connectivity index (χ0v) is 17.4. The standard InChI is InChI=1S/C19H35NO3Si/c1-19(2,3)22-18(21)20-13-8-7-12-17(20)15-10-9-11-16(14-15)23-24(4,5)6/h14-15,17H,7-13H2,1-6H3. The Labute approximate surface area is 148 Å². The molecule has 1 saturated heterocycles. The summed E-state index contributed by atoms with van der Waals surface area (Å²) in [6, 6.07) is 0.258. The Kier molecular flexibility index (Phi) is 6.05. The summed E-state index contributed by atoms with van der Waals surface area (Å²) in [5.41, 5.74) is -0.437. The first-order chi connectivity index (χ1) is 11.1. The molecule has 0 radical (unpaired) electrons. The number of allylic oxidation sites excluding steroid dienone is 1. The molecule has 0 aromatic rings. The highest BCUT2D eigenvalue weighted by Gasteiger charge is 2.36. The van der Waals surface area contributed by atoms with Gasteiger partial charge in [0, 0.05) is 24.9 Å². The lowest BCUT2D eigenvalue weighted by Crippen LogP contribution is -2.49. The van der Waals surface area contributed by atoms with Crippen molar-refractivity contribution in [3.8, 4) is 0 Å². The second-order valence-corrected chi connectivity index (χ2v) is 13.6. The van der Waals surface area contributed by atoms with Crippen molar-refractivity contribution in [2.75, 3.05) is 6.54 Å². The summed E-state index contributed by atoms with van der Waals surface area (Å²) < 4.78 is 11.9. The second kappa shape index (κ2) is 7.50. The average molecular weight is 354 g/mol. The molecule has 0 spiro atoms. The minimum Gasteiger partial charge on any atom is -0.548 e. The first kappa shape index (κ1) is 19.4. The van der Waals surface area contributed by atoms with Crippen LogP contribution in [0.5, 0.6) is 0 Å². The van der Waals surface area contributed by atoms with Crippen molar-refractivity contribution in [2.24, 2.45) is 5.92 Å². The van der Waals surface area contributed by atoms with Gasteiger partial charge in [-0.1, -0.05) is 0 Å². The molecule has 2 aliphatic rings. The van der Waals surface area contributed by atoms with Gasteiger partial charge < -0.3 is 14.1 Å². The van der Waals surface area contributed by atoms with Crippen LogP contribution in [0.25, 0.3) is 0 Å². The molecule has 24 heavy (non-hydrogen) atoms. The summed E-state index contributed by atoms with van der Waals surface area (Å²) in [6.07, 6.45) is 8.83. The molecule has 2 atom stereocenters. The number of hydrogen-bond acceptors (Lipinski definition) is 3. The minimum absolute atomic E-state index is 0.154. The van der Waals surface area contributed by atoms with Gasteiger partial charge in [-0.15, -0.1) is 0 Å². The lowest BCUT2D eigenvalue weighted by atomic mass is 9.83. The molecule has 0 aromatic carbocycles. The maximum atomic E-state index is 12.6. The fourth-order valence-corrected chi connectivity index (χ4v) is 4.61. The van der Waals surface area contributed by atoms with Crippen LogP contribution in [0.2, 0.25) is 19.6 Å². The smallest absolute Gasteiger partial charge is 0.410 e. The van der Waals surface area contributed by atoms with E-state index in [9.17, 15) is 4.79 Å². The summed E-state index contributed by atoms with van der Waals surface area (Å²) in [6.45, 7) is 13.3. The average Bonchev–Trinajstić information content (AvgIpc) is 2.44. The van der Waals surface area contributed by atoms with Crippen molar-refractivity contribution in [3.05, 3.63) is 11.8 Å². The van der Waals surface area contributed by atoms with Crippen molar-refractivity contribution in [2.45, 2.75) is 90.6 Å². The number of carbonyl (C=O) groups is 1. The third-order valence-corrected chi connectivity index (χ3v) is 5.34. The first-order valence-electron chi connectivity index (χ1n) is 9.44. The lowest BCUT2D eigenvalue weighted by molar-refractivity contribution is 0.00326. The molecule has 0 aromatic heterocycles. The van der Waals surface area contributed by atoms with Gasteiger partial charge in [0.25, 0.3) is 0 Å². The van der Waals surface area contributed by atoms with Gasteiger partial charge in [-0.25, -0.2) is 4.79 Å². The third-order valence-electron chi connectivity index (χ3n) is 4.47. The zero-order valence-electron chi connectivity index (χ0n) is 16.4. The highest BCUT2D eigenvalue weighted by Crippen LogP contribution is 2.34. The quantitative estimate of drug-likeness (QED) is 0.645. The Hall–Kier alpha value is -0.973. The lowest BCUT2D eigenvalue weighted by Gasteiger charge is -2.41. The number of likely N-dealkylation sites (tertiary alicyclic amines) is 1. The van der Waals surface area contributed by atoms with Crippen molar-refractivity contribution in [3.63, 3.8) is 0 Å². The van der Waals surface area contributed by atoms with E-state index in [0.29, 0.717) is 5.92 Å². The van der Waals surface area contributed by atoms with Gasteiger partial charge in [0.2, 0.25) is 8.32 Å². The van der Waals surface area contributed by atoms with Crippen LogP contribution in [0, 0.1) is 5.92 Å². The Balaban J connectivity index is 2.11. The summed E-state index contributed by atoms with van der Waals surface area (Å²) in [7, 11) is -1.57. The highest BCUT2D eigenvalue weighted by atomic mass is 28.4. The van der Waals surface area contributed by atoms with Crippen LogP contribution in [0.3, 0.4) is 0 Å². The van der Waals surface area contributed by atoms with Gasteiger partial charge in [-0.05, 0) is 78.6 Å². The van der Waals surface area contributed by atoms with E-state index >= 15 is 0 Å². The van der Waals surface area contributed by atoms with E-state index in [0.717, 1.165) is 44.4 Å². The van der Waals surface area contributed by atoms with Gasteiger partial charge >= 0.3 is 6.09 Å². The molecule has 1 fully saturated rings. The van der Waals surface area contributed by atoms with Crippen molar-refractivity contribution in [1.29, 1.82) is 0 Å². The summed E-state index contributed by atoms with van der Waals surface area (Å²) in [5.74, 6) is 1.55. The van der Waals surface area contributed by atoms with Crippen LogP contribution in [0.4, 0.5) is 4.79 Å². The number of nitrogens with zero attached hydrogens (tertiary/aromatic N) is 1. The molecule has 0 bridgehead atoms. The van der Waals surface area contributed by atoms with E-state index in [-0.39, 0.29) is 12.1 Å². The Morgan fingerprint density at radius 1 is 1.17 bits per heavy atom. The molecule has 0 saturated carbocycles. The van der Waals surface area contributed by atoms with Crippen LogP contribution >= 0.6 is 0 Å². The maximum Gasteiger partial charge on any atom is 0.410 e. The van der Waals surface area contributed by atoms with Crippen LogP contribution in [0.1, 0.15) is 59.3 Å². The third kappa shape index (κ3) is 5.83. The molecule has 1 aliphatic carbocycles. The fraction of sp³-hybridized carbons (Fsp3) is 0.842. The van der Waals surface area contributed by atoms with Gasteiger partial charge in [0.1, 0.15) is 5.60 Å². The van der Waals surface area contributed by atoms with Gasteiger partial charge in [-0.3, -0.25) is 0 Å². The van der Waals surface area contributed by atoms with Crippen LogP contribution in [-0.4, -0.2) is 37.5 Å². The van der Waals surface area contributed by atoms with Crippen molar-refractivity contribution in [1.82, 2.24) is 4.90 Å². The van der Waals surface area contributed by atoms with Gasteiger partial charge in [0.05, 0.1) is 5.76 Å². The predicted octanol–water partition coefficient (Wildman–Crippen LogP) is 5.31. The van der Waals surface area contributed by atoms with E-state index in [1.54, 1.807) is 0 Å². The molecule has 138 valence electrons. The normalized spacial score (nSPS) is 25.9. The molecule has 1 heterocycles. The number of amides is 1. The second-order valence-electron chi connectivity index (χ2n) is 9.14. The predicted molar refractivity (Wildman–Crippen MR) is 100 cm³/mol. The number of rotatable bonds is 3. The van der Waals surface area contributed by atoms with Crippen LogP contribution in [-0.2, 0) is 9.16 Å². The topological polar surface area (TPSA) is 38.8 Å². The van der Waals surface area contributed by atoms with Crippen LogP contribution < -0.4 is 0 Å². The number of ether oxygens (including phenoxy) is 1.